The summed E-state index contributed by atoms with van der Waals surface area (Å²) in [7, 11) is 2.79. The largest absolute Gasteiger partial charge is 0.495 e. The number of hydrogen-bond acceptors (Lipinski definition) is 5. The number of anilines is 1. The van der Waals surface area contributed by atoms with Gasteiger partial charge in [-0.15, -0.1) is 0 Å². The molecule has 6 heteroatoms. The summed E-state index contributed by atoms with van der Waals surface area (Å²) < 4.78 is 9.58. The Labute approximate surface area is 112 Å². The van der Waals surface area contributed by atoms with Crippen molar-refractivity contribution in [3.63, 3.8) is 0 Å². The standard InChI is InChI=1S/C13H18N2O4/c1-4-15(8-12(16)19-3)13(17)9-5-6-11(18-2)10(14)7-9/h5-7H,4,8,14H2,1-3H3. The van der Waals surface area contributed by atoms with E-state index in [1.165, 1.54) is 25.2 Å². The molecule has 1 aromatic carbocycles. The number of amides is 1. The highest BCUT2D eigenvalue weighted by molar-refractivity contribution is 5.97. The summed E-state index contributed by atoms with van der Waals surface area (Å²) in [6, 6.07) is 4.76. The second-order valence-corrected chi connectivity index (χ2v) is 3.85. The van der Waals surface area contributed by atoms with E-state index < -0.39 is 5.97 Å². The third-order valence-electron chi connectivity index (χ3n) is 2.69. The Morgan fingerprint density at radius 2 is 2.00 bits per heavy atom. The van der Waals surface area contributed by atoms with Crippen molar-refractivity contribution in [1.82, 2.24) is 4.90 Å². The van der Waals surface area contributed by atoms with Gasteiger partial charge in [-0.25, -0.2) is 0 Å². The lowest BCUT2D eigenvalue weighted by Crippen LogP contribution is -2.36. The Bertz CT molecular complexity index is 474. The minimum Gasteiger partial charge on any atom is -0.495 e. The molecule has 6 nitrogen and oxygen atoms in total. The summed E-state index contributed by atoms with van der Waals surface area (Å²) in [5, 5.41) is 0. The van der Waals surface area contributed by atoms with E-state index in [0.29, 0.717) is 23.5 Å². The van der Waals surface area contributed by atoms with E-state index in [1.807, 2.05) is 0 Å². The first-order valence-electron chi connectivity index (χ1n) is 5.83. The molecule has 1 rings (SSSR count). The summed E-state index contributed by atoms with van der Waals surface area (Å²) in [4.78, 5) is 24.8. The number of nitrogens with zero attached hydrogens (tertiary/aromatic N) is 1. The van der Waals surface area contributed by atoms with Crippen molar-refractivity contribution in [2.45, 2.75) is 6.92 Å². The normalized spacial score (nSPS) is 9.84. The summed E-state index contributed by atoms with van der Waals surface area (Å²) in [6.07, 6.45) is 0. The zero-order chi connectivity index (χ0) is 14.4. The zero-order valence-corrected chi connectivity index (χ0v) is 11.3. The van der Waals surface area contributed by atoms with Crippen LogP contribution in [0.3, 0.4) is 0 Å². The van der Waals surface area contributed by atoms with Crippen LogP contribution in [0.1, 0.15) is 17.3 Å². The molecule has 0 unspecified atom stereocenters. The number of carbonyl (C=O) groups is 2. The highest BCUT2D eigenvalue weighted by atomic mass is 16.5. The Kier molecular flexibility index (Phi) is 5.17. The van der Waals surface area contributed by atoms with Gasteiger partial charge in [0.05, 0.1) is 19.9 Å². The maximum Gasteiger partial charge on any atom is 0.325 e. The molecule has 0 aromatic heterocycles. The number of esters is 1. The van der Waals surface area contributed by atoms with Gasteiger partial charge in [0.15, 0.2) is 0 Å². The molecule has 0 atom stereocenters. The molecule has 0 aliphatic rings. The summed E-state index contributed by atoms with van der Waals surface area (Å²) in [6.45, 7) is 2.10. The van der Waals surface area contributed by atoms with Crippen LogP contribution in [-0.2, 0) is 9.53 Å². The van der Waals surface area contributed by atoms with E-state index in [4.69, 9.17) is 10.5 Å². The van der Waals surface area contributed by atoms with E-state index in [-0.39, 0.29) is 12.5 Å². The van der Waals surface area contributed by atoms with Crippen LogP contribution in [0, 0.1) is 0 Å². The SMILES string of the molecule is CCN(CC(=O)OC)C(=O)c1ccc(OC)c(N)c1. The predicted molar refractivity (Wildman–Crippen MR) is 71.0 cm³/mol. The van der Waals surface area contributed by atoms with Gasteiger partial charge in [-0.1, -0.05) is 0 Å². The van der Waals surface area contributed by atoms with Crippen molar-refractivity contribution in [2.24, 2.45) is 0 Å². The first-order valence-corrected chi connectivity index (χ1v) is 5.83. The van der Waals surface area contributed by atoms with Crippen LogP contribution in [0.15, 0.2) is 18.2 Å². The molecule has 0 spiro atoms. The van der Waals surface area contributed by atoms with Crippen LogP contribution < -0.4 is 10.5 Å². The Hall–Kier alpha value is -2.24. The second kappa shape index (κ2) is 6.63. The molecule has 1 aromatic rings. The average molecular weight is 266 g/mol. The molecular weight excluding hydrogens is 248 g/mol. The molecule has 0 saturated carbocycles. The maximum atomic E-state index is 12.2. The molecule has 0 heterocycles. The van der Waals surface area contributed by atoms with Crippen molar-refractivity contribution in [2.75, 3.05) is 33.0 Å². The predicted octanol–water partition coefficient (Wildman–Crippen LogP) is 0.912. The van der Waals surface area contributed by atoms with Crippen LogP contribution in [0.4, 0.5) is 5.69 Å². The number of ether oxygens (including phenoxy) is 2. The molecule has 104 valence electrons. The first kappa shape index (κ1) is 14.8. The Morgan fingerprint density at radius 3 is 2.47 bits per heavy atom. The van der Waals surface area contributed by atoms with Crippen LogP contribution >= 0.6 is 0 Å². The minimum atomic E-state index is -0.461. The van der Waals surface area contributed by atoms with Gasteiger partial charge in [0, 0.05) is 12.1 Å². The molecule has 0 fully saturated rings. The fourth-order valence-electron chi connectivity index (χ4n) is 1.60. The third-order valence-corrected chi connectivity index (χ3v) is 2.69. The van der Waals surface area contributed by atoms with Crippen molar-refractivity contribution in [1.29, 1.82) is 0 Å². The number of nitrogens with two attached hydrogens (primary N) is 1. The highest BCUT2D eigenvalue weighted by Gasteiger charge is 2.18. The van der Waals surface area contributed by atoms with E-state index in [2.05, 4.69) is 4.74 Å². The number of benzene rings is 1. The van der Waals surface area contributed by atoms with Crippen molar-refractivity contribution in [3.8, 4) is 5.75 Å². The lowest BCUT2D eigenvalue weighted by molar-refractivity contribution is -0.141. The quantitative estimate of drug-likeness (QED) is 0.633. The van der Waals surface area contributed by atoms with Gasteiger partial charge >= 0.3 is 5.97 Å². The smallest absolute Gasteiger partial charge is 0.325 e. The van der Waals surface area contributed by atoms with Gasteiger partial charge in [0.1, 0.15) is 12.3 Å². The van der Waals surface area contributed by atoms with Gasteiger partial charge in [-0.3, -0.25) is 9.59 Å². The number of methoxy groups -OCH3 is 2. The summed E-state index contributed by atoms with van der Waals surface area (Å²) >= 11 is 0. The number of carbonyl (C=O) groups excluding carboxylic acids is 2. The zero-order valence-electron chi connectivity index (χ0n) is 11.3. The first-order chi connectivity index (χ1) is 9.03. The van der Waals surface area contributed by atoms with Crippen LogP contribution in [-0.4, -0.2) is 44.1 Å². The molecule has 0 radical (unpaired) electrons. The molecule has 0 aliphatic heterocycles. The average Bonchev–Trinajstić information content (AvgIpc) is 2.43. The molecule has 2 N–H and O–H groups in total. The summed E-state index contributed by atoms with van der Waals surface area (Å²) in [5.41, 5.74) is 6.54. The molecule has 0 saturated heterocycles. The number of rotatable bonds is 5. The molecule has 1 amide bonds. The lowest BCUT2D eigenvalue weighted by Gasteiger charge is -2.19. The topological polar surface area (TPSA) is 81.9 Å². The monoisotopic (exact) mass is 266 g/mol. The molecule has 0 bridgehead atoms. The van der Waals surface area contributed by atoms with Crippen molar-refractivity contribution in [3.05, 3.63) is 23.8 Å². The van der Waals surface area contributed by atoms with Gasteiger partial charge in [-0.05, 0) is 25.1 Å². The van der Waals surface area contributed by atoms with E-state index >= 15 is 0 Å². The summed E-state index contributed by atoms with van der Waals surface area (Å²) in [5.74, 6) is -0.230. The van der Waals surface area contributed by atoms with Gasteiger partial charge < -0.3 is 20.1 Å². The van der Waals surface area contributed by atoms with E-state index in [0.717, 1.165) is 0 Å². The van der Waals surface area contributed by atoms with E-state index in [1.54, 1.807) is 19.1 Å². The Morgan fingerprint density at radius 1 is 1.32 bits per heavy atom. The van der Waals surface area contributed by atoms with Crippen LogP contribution in [0.5, 0.6) is 5.75 Å². The molecule has 0 aliphatic carbocycles. The van der Waals surface area contributed by atoms with Crippen molar-refractivity contribution < 1.29 is 19.1 Å². The Balaban J connectivity index is 2.91. The van der Waals surface area contributed by atoms with E-state index in [9.17, 15) is 9.59 Å². The second-order valence-electron chi connectivity index (χ2n) is 3.85. The number of hydrogen-bond donors (Lipinski definition) is 1. The van der Waals surface area contributed by atoms with Gasteiger partial charge in [0.2, 0.25) is 0 Å². The molecular formula is C13H18N2O4. The number of nitrogen functional groups attached to an aromatic ring is 1. The fourth-order valence-corrected chi connectivity index (χ4v) is 1.60. The van der Waals surface area contributed by atoms with Crippen LogP contribution in [0.2, 0.25) is 0 Å². The number of likely N-dealkylation sites (N-methyl/N-ethyl adjacent to an activating group) is 1. The van der Waals surface area contributed by atoms with Crippen LogP contribution in [0.25, 0.3) is 0 Å². The third kappa shape index (κ3) is 3.61. The fraction of sp³-hybridized carbons (Fsp3) is 0.385. The van der Waals surface area contributed by atoms with Gasteiger partial charge in [-0.2, -0.15) is 0 Å². The highest BCUT2D eigenvalue weighted by Crippen LogP contribution is 2.22. The minimum absolute atomic E-state index is 0.0855. The van der Waals surface area contributed by atoms with Crippen molar-refractivity contribution >= 4 is 17.6 Å². The van der Waals surface area contributed by atoms with Gasteiger partial charge in [0.25, 0.3) is 5.91 Å². The maximum absolute atomic E-state index is 12.2. The lowest BCUT2D eigenvalue weighted by atomic mass is 10.1. The molecule has 19 heavy (non-hydrogen) atoms.